The second-order valence-corrected chi connectivity index (χ2v) is 17.3. The average molecular weight is 745 g/mol. The summed E-state index contributed by atoms with van der Waals surface area (Å²) in [5.41, 5.74) is 22.8. The van der Waals surface area contributed by atoms with Crippen molar-refractivity contribution < 1.29 is 4.42 Å². The quantitative estimate of drug-likeness (QED) is 0.182. The van der Waals surface area contributed by atoms with Gasteiger partial charge in [0.25, 0.3) is 0 Å². The largest absolute Gasteiger partial charge is 0.456 e. The van der Waals surface area contributed by atoms with Gasteiger partial charge in [0, 0.05) is 56.0 Å². The molecule has 0 spiro atoms. The third-order valence-electron chi connectivity index (χ3n) is 13.4. The van der Waals surface area contributed by atoms with Gasteiger partial charge in [-0.2, -0.15) is 0 Å². The highest BCUT2D eigenvalue weighted by Gasteiger charge is 2.42. The number of hydrogen-bond donors (Lipinski definition) is 1. The van der Waals surface area contributed by atoms with E-state index in [-0.39, 0.29) is 10.8 Å². The van der Waals surface area contributed by atoms with Crippen LogP contribution in [0.5, 0.6) is 0 Å². The number of anilines is 5. The van der Waals surface area contributed by atoms with Crippen molar-refractivity contribution in [3.63, 3.8) is 0 Å². The van der Waals surface area contributed by atoms with Crippen LogP contribution >= 0.6 is 0 Å². The number of nitrogens with one attached hydrogen (secondary N) is 1. The van der Waals surface area contributed by atoms with Crippen molar-refractivity contribution in [2.45, 2.75) is 38.5 Å². The van der Waals surface area contributed by atoms with Gasteiger partial charge in [0.1, 0.15) is 11.2 Å². The first-order chi connectivity index (χ1) is 28.3. The van der Waals surface area contributed by atoms with Gasteiger partial charge in [-0.3, -0.25) is 0 Å². The van der Waals surface area contributed by atoms with Gasteiger partial charge in [0.15, 0.2) is 7.28 Å². The minimum atomic E-state index is -0.177. The lowest BCUT2D eigenvalue weighted by Crippen LogP contribution is -2.45. The SMILES string of the molecule is CC1(C)c2ccccc2N2c3cc4oc5ccccc5c4c(-c4ccc(-c5ccccc5)cc4Nc4cccc5c4C(C)(C)c4ccccc4-5)c3Bc3cccc1c32. The lowest BCUT2D eigenvalue weighted by Gasteiger charge is -2.46. The first kappa shape index (κ1) is 33.4. The second kappa shape index (κ2) is 11.9. The van der Waals surface area contributed by atoms with Crippen LogP contribution in [-0.2, 0) is 10.8 Å². The zero-order valence-electron chi connectivity index (χ0n) is 33.2. The lowest BCUT2D eigenvalue weighted by atomic mass is 9.55. The summed E-state index contributed by atoms with van der Waals surface area (Å²) in [6.07, 6.45) is 0. The Bertz CT molecular complexity index is 3190. The molecule has 0 atom stereocenters. The second-order valence-electron chi connectivity index (χ2n) is 17.3. The Morgan fingerprint density at radius 2 is 1.24 bits per heavy atom. The van der Waals surface area contributed by atoms with Crippen molar-refractivity contribution in [2.75, 3.05) is 10.2 Å². The number of fused-ring (bicyclic) bond motifs is 10. The molecule has 1 aromatic heterocycles. The van der Waals surface area contributed by atoms with Gasteiger partial charge in [0.2, 0.25) is 0 Å². The molecule has 0 saturated carbocycles. The summed E-state index contributed by atoms with van der Waals surface area (Å²) >= 11 is 0. The van der Waals surface area contributed by atoms with Crippen LogP contribution in [-0.4, -0.2) is 7.28 Å². The first-order valence-corrected chi connectivity index (χ1v) is 20.5. The lowest BCUT2D eigenvalue weighted by molar-refractivity contribution is 0.632. The maximum Gasteiger partial charge on any atom is 0.198 e. The van der Waals surface area contributed by atoms with Gasteiger partial charge in [0.05, 0.1) is 5.69 Å². The van der Waals surface area contributed by atoms with Crippen LogP contribution in [0.2, 0.25) is 0 Å². The molecule has 0 amide bonds. The fourth-order valence-electron chi connectivity index (χ4n) is 10.8. The predicted molar refractivity (Wildman–Crippen MR) is 245 cm³/mol. The van der Waals surface area contributed by atoms with Crippen LogP contribution in [0.15, 0.2) is 168 Å². The molecule has 0 radical (unpaired) electrons. The van der Waals surface area contributed by atoms with E-state index < -0.39 is 0 Å². The molecule has 4 heteroatoms. The highest BCUT2D eigenvalue weighted by molar-refractivity contribution is 6.74. The van der Waals surface area contributed by atoms with E-state index in [4.69, 9.17) is 4.42 Å². The van der Waals surface area contributed by atoms with Crippen LogP contribution in [0.4, 0.5) is 28.4 Å². The van der Waals surface area contributed by atoms with Crippen molar-refractivity contribution >= 4 is 68.6 Å². The Morgan fingerprint density at radius 1 is 0.517 bits per heavy atom. The van der Waals surface area contributed by atoms with Crippen molar-refractivity contribution in [2.24, 2.45) is 0 Å². The molecule has 3 heterocycles. The zero-order chi connectivity index (χ0) is 38.9. The minimum Gasteiger partial charge on any atom is -0.456 e. The van der Waals surface area contributed by atoms with Crippen LogP contribution in [0.3, 0.4) is 0 Å². The van der Waals surface area contributed by atoms with Crippen molar-refractivity contribution in [1.29, 1.82) is 0 Å². The highest BCUT2D eigenvalue weighted by Crippen LogP contribution is 2.55. The van der Waals surface area contributed by atoms with Gasteiger partial charge in [-0.1, -0.05) is 167 Å². The Hall–Kier alpha value is -6.78. The number of nitrogens with zero attached hydrogens (tertiary/aromatic N) is 1. The van der Waals surface area contributed by atoms with Gasteiger partial charge in [-0.05, 0) is 79.8 Å². The van der Waals surface area contributed by atoms with E-state index in [0.717, 1.165) is 46.2 Å². The molecule has 0 bridgehead atoms. The van der Waals surface area contributed by atoms with Crippen LogP contribution in [0, 0.1) is 0 Å². The highest BCUT2D eigenvalue weighted by atomic mass is 16.3. The van der Waals surface area contributed by atoms with E-state index in [2.05, 4.69) is 202 Å². The Morgan fingerprint density at radius 3 is 2.12 bits per heavy atom. The third-order valence-corrected chi connectivity index (χ3v) is 13.4. The summed E-state index contributed by atoms with van der Waals surface area (Å²) in [7, 11) is 0.807. The van der Waals surface area contributed by atoms with Crippen molar-refractivity contribution in [3.8, 4) is 33.4 Å². The monoisotopic (exact) mass is 744 g/mol. The molecule has 0 unspecified atom stereocenters. The van der Waals surface area contributed by atoms with Crippen LogP contribution < -0.4 is 21.1 Å². The van der Waals surface area contributed by atoms with E-state index in [0.29, 0.717) is 0 Å². The smallest absolute Gasteiger partial charge is 0.198 e. The van der Waals surface area contributed by atoms with E-state index in [9.17, 15) is 0 Å². The number of furan rings is 1. The maximum atomic E-state index is 6.87. The first-order valence-electron chi connectivity index (χ1n) is 20.5. The van der Waals surface area contributed by atoms with Crippen molar-refractivity contribution in [3.05, 3.63) is 186 Å². The molecule has 2 aliphatic heterocycles. The fourth-order valence-corrected chi connectivity index (χ4v) is 10.8. The molecule has 9 aromatic rings. The molecule has 3 aliphatic rings. The third kappa shape index (κ3) is 4.52. The number of benzene rings is 8. The summed E-state index contributed by atoms with van der Waals surface area (Å²) in [5.74, 6) is 0. The van der Waals surface area contributed by atoms with Crippen LogP contribution in [0.1, 0.15) is 49.9 Å². The Kier molecular flexibility index (Phi) is 6.83. The zero-order valence-corrected chi connectivity index (χ0v) is 33.2. The van der Waals surface area contributed by atoms with E-state index in [1.54, 1.807) is 0 Å². The fraction of sp³-hybridized carbons (Fsp3) is 0.111. The van der Waals surface area contributed by atoms with Crippen molar-refractivity contribution in [1.82, 2.24) is 0 Å². The van der Waals surface area contributed by atoms with E-state index in [1.807, 2.05) is 0 Å². The summed E-state index contributed by atoms with van der Waals surface area (Å²) < 4.78 is 6.87. The number of para-hydroxylation sites is 3. The normalized spacial score (nSPS) is 14.9. The molecular weight excluding hydrogens is 703 g/mol. The van der Waals surface area contributed by atoms with Crippen LogP contribution in [0.25, 0.3) is 55.3 Å². The molecule has 1 aliphatic carbocycles. The molecule has 0 fully saturated rings. The Balaban J connectivity index is 1.16. The number of hydrogen-bond acceptors (Lipinski definition) is 3. The topological polar surface area (TPSA) is 28.4 Å². The summed E-state index contributed by atoms with van der Waals surface area (Å²) in [4.78, 5) is 2.54. The maximum absolute atomic E-state index is 6.87. The van der Waals surface area contributed by atoms with E-state index in [1.165, 1.54) is 78.1 Å². The summed E-state index contributed by atoms with van der Waals surface area (Å²) in [5, 5.41) is 6.41. The average Bonchev–Trinajstić information content (AvgIpc) is 3.74. The molecule has 1 N–H and O–H groups in total. The molecule has 0 saturated heterocycles. The van der Waals surface area contributed by atoms with Gasteiger partial charge < -0.3 is 14.6 Å². The molecule has 276 valence electrons. The van der Waals surface area contributed by atoms with E-state index >= 15 is 0 Å². The molecule has 8 aromatic carbocycles. The standard InChI is InChI=1S/C54H41BN2O/c1-53(2)39-22-11-12-26-44(39)57-45-31-47-48(37-19-9-13-27-46(37)58-47)49(51(45)55-41-24-15-23-40(53)52(41)57)36-29-28-33(32-16-6-5-7-17-32)30-43(36)56-42-25-14-20-35-34-18-8-10-21-38(34)54(3,4)50(35)42/h5-31,55-56H,1-4H3. The predicted octanol–water partition coefficient (Wildman–Crippen LogP) is 12.8. The number of rotatable bonds is 4. The van der Waals surface area contributed by atoms with Gasteiger partial charge in [-0.15, -0.1) is 0 Å². The summed E-state index contributed by atoms with van der Waals surface area (Å²) in [6.45, 7) is 9.47. The Labute approximate surface area is 339 Å². The molecule has 58 heavy (non-hydrogen) atoms. The minimum absolute atomic E-state index is 0.143. The molecule has 3 nitrogen and oxygen atoms in total. The molecular formula is C54H41BN2O. The molecule has 12 rings (SSSR count). The summed E-state index contributed by atoms with van der Waals surface area (Å²) in [6, 6.07) is 60.1. The van der Waals surface area contributed by atoms with Gasteiger partial charge >= 0.3 is 0 Å². The van der Waals surface area contributed by atoms with Gasteiger partial charge in [-0.25, -0.2) is 0 Å².